The number of nitrogens with two attached hydrogens (primary N) is 1. The lowest BCUT2D eigenvalue weighted by Crippen LogP contribution is -2.76. The predicted octanol–water partition coefficient (Wildman–Crippen LogP) is 0.600. The maximum absolute atomic E-state index is 4.76. The number of quaternary nitrogens is 1. The molecule has 0 bridgehead atoms. The third-order valence-electron chi connectivity index (χ3n) is 0.989. The molecular formula is C6H8BrN2O+. The molecule has 4 heteroatoms. The summed E-state index contributed by atoms with van der Waals surface area (Å²) in [5, 5.41) is 0. The maximum atomic E-state index is 4.76. The lowest BCUT2D eigenvalue weighted by molar-refractivity contribution is -0.832. The molecular weight excluding hydrogens is 196 g/mol. The van der Waals surface area contributed by atoms with Crippen LogP contribution in [0.25, 0.3) is 0 Å². The zero-order valence-electron chi connectivity index (χ0n) is 5.54. The third kappa shape index (κ3) is 2.06. The Hall–Kier alpha value is -0.450. The van der Waals surface area contributed by atoms with E-state index in [1.54, 1.807) is 18.8 Å². The Morgan fingerprint density at radius 3 is 2.90 bits per heavy atom. The monoisotopic (exact) mass is 203 g/mol. The number of halogens is 1. The van der Waals surface area contributed by atoms with Gasteiger partial charge in [0.05, 0.1) is 7.11 Å². The highest BCUT2D eigenvalue weighted by Crippen LogP contribution is 2.06. The number of pyridine rings is 1. The molecule has 54 valence electrons. The molecule has 0 aliphatic rings. The van der Waals surface area contributed by atoms with Crippen molar-refractivity contribution in [3.8, 4) is 0 Å². The molecule has 3 nitrogen and oxygen atoms in total. The SMILES string of the molecule is CO[NH2+]c1ccc(Br)cn1. The van der Waals surface area contributed by atoms with Crippen LogP contribution in [0.2, 0.25) is 0 Å². The molecule has 1 aromatic heterocycles. The van der Waals surface area contributed by atoms with Crippen molar-refractivity contribution in [1.82, 2.24) is 4.98 Å². The number of hydrogen-bond acceptors (Lipinski definition) is 2. The zero-order chi connectivity index (χ0) is 7.40. The molecule has 1 aromatic rings. The highest BCUT2D eigenvalue weighted by atomic mass is 79.9. The van der Waals surface area contributed by atoms with Crippen molar-refractivity contribution in [2.75, 3.05) is 7.11 Å². The molecule has 1 rings (SSSR count). The fourth-order valence-corrected chi connectivity index (χ4v) is 0.812. The minimum absolute atomic E-state index is 0.825. The summed E-state index contributed by atoms with van der Waals surface area (Å²) >= 11 is 3.28. The van der Waals surface area contributed by atoms with Crippen molar-refractivity contribution in [2.24, 2.45) is 0 Å². The molecule has 1 heterocycles. The van der Waals surface area contributed by atoms with Crippen LogP contribution in [0, 0.1) is 0 Å². The van der Waals surface area contributed by atoms with E-state index in [2.05, 4.69) is 20.9 Å². The van der Waals surface area contributed by atoms with Crippen molar-refractivity contribution in [2.45, 2.75) is 0 Å². The van der Waals surface area contributed by atoms with E-state index in [1.807, 2.05) is 12.1 Å². The first kappa shape index (κ1) is 7.65. The zero-order valence-corrected chi connectivity index (χ0v) is 7.13. The van der Waals surface area contributed by atoms with Gasteiger partial charge in [-0.1, -0.05) is 0 Å². The lowest BCUT2D eigenvalue weighted by atomic mass is 10.5. The van der Waals surface area contributed by atoms with E-state index in [0.717, 1.165) is 10.3 Å². The molecule has 0 atom stereocenters. The van der Waals surface area contributed by atoms with E-state index in [4.69, 9.17) is 4.84 Å². The normalized spacial score (nSPS) is 9.80. The Bertz CT molecular complexity index is 199. The molecule has 0 aliphatic carbocycles. The van der Waals surface area contributed by atoms with Gasteiger partial charge in [-0.3, -0.25) is 0 Å². The van der Waals surface area contributed by atoms with Gasteiger partial charge in [-0.05, 0) is 22.0 Å². The number of rotatable bonds is 2. The summed E-state index contributed by atoms with van der Waals surface area (Å²) in [6.45, 7) is 0. The van der Waals surface area contributed by atoms with Gasteiger partial charge in [0, 0.05) is 16.7 Å². The van der Waals surface area contributed by atoms with Gasteiger partial charge in [0.1, 0.15) is 0 Å². The molecule has 0 spiro atoms. The van der Waals surface area contributed by atoms with Gasteiger partial charge in [-0.15, -0.1) is 0 Å². The van der Waals surface area contributed by atoms with E-state index < -0.39 is 0 Å². The molecule has 0 aliphatic heterocycles. The standard InChI is InChI=1S/C6H7BrN2O/c1-10-9-6-3-2-5(7)4-8-6/h2-4H,1H3,(H,8,9)/p+1. The topological polar surface area (TPSA) is 38.7 Å². The molecule has 0 aromatic carbocycles. The fourth-order valence-electron chi connectivity index (χ4n) is 0.578. The van der Waals surface area contributed by atoms with Gasteiger partial charge in [0.15, 0.2) is 0 Å². The maximum Gasteiger partial charge on any atom is 0.257 e. The van der Waals surface area contributed by atoms with Crippen LogP contribution >= 0.6 is 15.9 Å². The molecule has 0 unspecified atom stereocenters. The Morgan fingerprint density at radius 2 is 2.40 bits per heavy atom. The van der Waals surface area contributed by atoms with E-state index in [1.165, 1.54) is 0 Å². The molecule has 0 fully saturated rings. The van der Waals surface area contributed by atoms with E-state index >= 15 is 0 Å². The third-order valence-corrected chi connectivity index (χ3v) is 1.46. The van der Waals surface area contributed by atoms with Crippen LogP contribution in [0.5, 0.6) is 0 Å². The van der Waals surface area contributed by atoms with Gasteiger partial charge in [0.2, 0.25) is 0 Å². The summed E-state index contributed by atoms with van der Waals surface area (Å²) in [7, 11) is 1.60. The van der Waals surface area contributed by atoms with Gasteiger partial charge >= 0.3 is 0 Å². The first-order valence-electron chi connectivity index (χ1n) is 2.80. The Balaban J connectivity index is 2.69. The van der Waals surface area contributed by atoms with E-state index in [9.17, 15) is 0 Å². The first-order chi connectivity index (χ1) is 4.83. The predicted molar refractivity (Wildman–Crippen MR) is 40.5 cm³/mol. The first-order valence-corrected chi connectivity index (χ1v) is 3.60. The summed E-state index contributed by atoms with van der Waals surface area (Å²) in [5.74, 6) is 0.825. The average molecular weight is 204 g/mol. The molecule has 0 amide bonds. The number of hydrogen-bond donors (Lipinski definition) is 1. The summed E-state index contributed by atoms with van der Waals surface area (Å²) in [6, 6.07) is 3.78. The molecule has 0 saturated carbocycles. The van der Waals surface area contributed by atoms with E-state index in [0.29, 0.717) is 0 Å². The lowest BCUT2D eigenvalue weighted by Gasteiger charge is -1.93. The van der Waals surface area contributed by atoms with Crippen LogP contribution in [0.1, 0.15) is 0 Å². The van der Waals surface area contributed by atoms with Crippen LogP contribution in [0.3, 0.4) is 0 Å². The van der Waals surface area contributed by atoms with Gasteiger partial charge in [-0.25, -0.2) is 9.82 Å². The van der Waals surface area contributed by atoms with Crippen LogP contribution in [-0.4, -0.2) is 12.1 Å². The Morgan fingerprint density at radius 1 is 1.60 bits per heavy atom. The molecule has 0 radical (unpaired) electrons. The second kappa shape index (κ2) is 3.65. The van der Waals surface area contributed by atoms with E-state index in [-0.39, 0.29) is 0 Å². The van der Waals surface area contributed by atoms with Crippen LogP contribution < -0.4 is 5.48 Å². The number of nitrogens with zero attached hydrogens (tertiary/aromatic N) is 1. The Labute approximate surface area is 67.5 Å². The highest BCUT2D eigenvalue weighted by molar-refractivity contribution is 9.10. The van der Waals surface area contributed by atoms with Crippen molar-refractivity contribution >= 4 is 21.7 Å². The molecule has 0 saturated heterocycles. The van der Waals surface area contributed by atoms with Crippen LogP contribution in [-0.2, 0) is 4.84 Å². The average Bonchev–Trinajstić information content (AvgIpc) is 1.95. The van der Waals surface area contributed by atoms with Gasteiger partial charge in [0.25, 0.3) is 5.82 Å². The van der Waals surface area contributed by atoms with Gasteiger partial charge in [-0.2, -0.15) is 5.48 Å². The summed E-state index contributed by atoms with van der Waals surface area (Å²) in [4.78, 5) is 8.81. The minimum atomic E-state index is 0.825. The number of aromatic nitrogens is 1. The van der Waals surface area contributed by atoms with Crippen molar-refractivity contribution in [3.05, 3.63) is 22.8 Å². The van der Waals surface area contributed by atoms with Gasteiger partial charge < -0.3 is 0 Å². The quantitative estimate of drug-likeness (QED) is 0.716. The highest BCUT2D eigenvalue weighted by Gasteiger charge is 1.94. The molecule has 10 heavy (non-hydrogen) atoms. The van der Waals surface area contributed by atoms with Crippen molar-refractivity contribution < 1.29 is 10.3 Å². The van der Waals surface area contributed by atoms with Crippen LogP contribution in [0.15, 0.2) is 22.8 Å². The second-order valence-corrected chi connectivity index (χ2v) is 2.67. The van der Waals surface area contributed by atoms with Crippen LogP contribution in [0.4, 0.5) is 5.82 Å². The molecule has 2 N–H and O–H groups in total. The largest absolute Gasteiger partial charge is 0.257 e. The summed E-state index contributed by atoms with van der Waals surface area (Å²) in [6.07, 6.45) is 1.73. The summed E-state index contributed by atoms with van der Waals surface area (Å²) < 4.78 is 0.973. The van der Waals surface area contributed by atoms with Crippen molar-refractivity contribution in [3.63, 3.8) is 0 Å². The van der Waals surface area contributed by atoms with Crippen molar-refractivity contribution in [1.29, 1.82) is 0 Å². The fraction of sp³-hybridized carbons (Fsp3) is 0.167. The Kier molecular flexibility index (Phi) is 2.80. The second-order valence-electron chi connectivity index (χ2n) is 1.75. The summed E-state index contributed by atoms with van der Waals surface area (Å²) in [5.41, 5.74) is 1.59. The minimum Gasteiger partial charge on any atom is -0.203 e. The smallest absolute Gasteiger partial charge is 0.203 e.